The molecule has 0 rings (SSSR count). The summed E-state index contributed by atoms with van der Waals surface area (Å²) in [5.74, 6) is -6.62. The van der Waals surface area contributed by atoms with E-state index in [-0.39, 0.29) is 5.75 Å². The van der Waals surface area contributed by atoms with Gasteiger partial charge in [0.05, 0.1) is 5.60 Å². The van der Waals surface area contributed by atoms with Gasteiger partial charge in [0.1, 0.15) is 0 Å². The van der Waals surface area contributed by atoms with E-state index in [0.29, 0.717) is 0 Å². The Morgan fingerprint density at radius 3 is 2.38 bits per heavy atom. The summed E-state index contributed by atoms with van der Waals surface area (Å²) in [6.07, 6.45) is -2.39. The fourth-order valence-corrected chi connectivity index (χ4v) is 1.57. The zero-order valence-electron chi connectivity index (χ0n) is 8.77. The van der Waals surface area contributed by atoms with Crippen LogP contribution in [-0.4, -0.2) is 47.5 Å². The lowest BCUT2D eigenvalue weighted by Gasteiger charge is -2.24. The van der Waals surface area contributed by atoms with Crippen LogP contribution in [0.1, 0.15) is 6.92 Å². The van der Waals surface area contributed by atoms with Crippen LogP contribution in [0.2, 0.25) is 0 Å². The third-order valence-electron chi connectivity index (χ3n) is 1.66. The quantitative estimate of drug-likeness (QED) is 0.706. The first-order valence-electron chi connectivity index (χ1n) is 4.29. The van der Waals surface area contributed by atoms with Gasteiger partial charge in [0, 0.05) is 12.3 Å². The van der Waals surface area contributed by atoms with Crippen molar-refractivity contribution in [2.24, 2.45) is 0 Å². The largest absolute Gasteiger partial charge is 0.387 e. The third kappa shape index (κ3) is 4.56. The Bertz CT molecular complexity index is 248. The van der Waals surface area contributed by atoms with Gasteiger partial charge < -0.3 is 10.4 Å². The van der Waals surface area contributed by atoms with Crippen molar-refractivity contribution in [3.8, 4) is 0 Å². The number of amides is 1. The molecule has 0 spiro atoms. The Balaban J connectivity index is 4.27. The van der Waals surface area contributed by atoms with Crippen molar-refractivity contribution in [2.75, 3.05) is 18.6 Å². The first kappa shape index (κ1) is 15.5. The molecular formula is C8H13F4NO2S. The molecule has 8 heteroatoms. The molecule has 2 N–H and O–H groups in total. The van der Waals surface area contributed by atoms with Gasteiger partial charge in [0.2, 0.25) is 0 Å². The highest BCUT2D eigenvalue weighted by Crippen LogP contribution is 2.23. The molecule has 16 heavy (non-hydrogen) atoms. The van der Waals surface area contributed by atoms with Crippen molar-refractivity contribution < 1.29 is 27.5 Å². The van der Waals surface area contributed by atoms with Gasteiger partial charge in [0.15, 0.2) is 0 Å². The molecule has 0 radical (unpaired) electrons. The van der Waals surface area contributed by atoms with Crippen LogP contribution >= 0.6 is 11.8 Å². The number of carbonyl (C=O) groups excluding carboxylic acids is 1. The predicted molar refractivity (Wildman–Crippen MR) is 53.0 cm³/mol. The van der Waals surface area contributed by atoms with Gasteiger partial charge >= 0.3 is 12.3 Å². The molecule has 0 aliphatic rings. The van der Waals surface area contributed by atoms with E-state index in [2.05, 4.69) is 0 Å². The number of rotatable bonds is 6. The number of nitrogens with one attached hydrogen (secondary N) is 1. The number of hydrogen-bond acceptors (Lipinski definition) is 3. The number of alkyl halides is 4. The minimum atomic E-state index is -4.73. The van der Waals surface area contributed by atoms with Crippen LogP contribution in [-0.2, 0) is 4.79 Å². The highest BCUT2D eigenvalue weighted by molar-refractivity contribution is 7.98. The first-order valence-corrected chi connectivity index (χ1v) is 5.68. The van der Waals surface area contributed by atoms with Crippen molar-refractivity contribution in [1.82, 2.24) is 5.32 Å². The van der Waals surface area contributed by atoms with E-state index in [4.69, 9.17) is 0 Å². The normalized spacial score (nSPS) is 16.0. The number of aliphatic hydroxyl groups is 1. The van der Waals surface area contributed by atoms with Crippen LogP contribution < -0.4 is 5.32 Å². The molecule has 0 aliphatic heterocycles. The molecular weight excluding hydrogens is 250 g/mol. The molecule has 0 aromatic rings. The summed E-state index contributed by atoms with van der Waals surface area (Å²) >= 11 is 1.24. The highest BCUT2D eigenvalue weighted by atomic mass is 32.2. The van der Waals surface area contributed by atoms with Gasteiger partial charge in [-0.25, -0.2) is 8.78 Å². The molecule has 0 heterocycles. The Hall–Kier alpha value is -0.500. The summed E-state index contributed by atoms with van der Waals surface area (Å²) in [5, 5.41) is 11.1. The molecule has 96 valence electrons. The first-order chi connectivity index (χ1) is 7.13. The second kappa shape index (κ2) is 5.72. The van der Waals surface area contributed by atoms with Crippen molar-refractivity contribution in [2.45, 2.75) is 24.9 Å². The molecule has 0 aliphatic carbocycles. The molecule has 1 atom stereocenters. The Labute approximate surface area is 94.6 Å². The van der Waals surface area contributed by atoms with Crippen molar-refractivity contribution in [1.29, 1.82) is 0 Å². The van der Waals surface area contributed by atoms with Crippen molar-refractivity contribution in [3.05, 3.63) is 0 Å². The number of carbonyl (C=O) groups is 1. The SMILES string of the molecule is CSCC(C)(O)CNC(=O)C(F)(F)C(F)F. The lowest BCUT2D eigenvalue weighted by molar-refractivity contribution is -0.170. The van der Waals surface area contributed by atoms with Gasteiger partial charge in [-0.3, -0.25) is 4.79 Å². The maximum absolute atomic E-state index is 12.5. The molecule has 1 amide bonds. The fourth-order valence-electron chi connectivity index (χ4n) is 0.850. The number of hydrogen-bond donors (Lipinski definition) is 2. The maximum Gasteiger partial charge on any atom is 0.383 e. The zero-order chi connectivity index (χ0) is 13.0. The summed E-state index contributed by atoms with van der Waals surface area (Å²) in [5.41, 5.74) is -1.41. The standard InChI is InChI=1S/C8H13F4NO2S/c1-7(15,4-16-2)3-13-6(14)8(11,12)5(9)10/h5,15H,3-4H2,1-2H3,(H,13,14). The van der Waals surface area contributed by atoms with Crippen LogP contribution in [0.15, 0.2) is 0 Å². The van der Waals surface area contributed by atoms with E-state index in [1.807, 2.05) is 0 Å². The Morgan fingerprint density at radius 1 is 1.50 bits per heavy atom. The Kier molecular flexibility index (Phi) is 5.54. The second-order valence-corrected chi connectivity index (χ2v) is 4.40. The molecule has 0 saturated carbocycles. The van der Waals surface area contributed by atoms with Crippen LogP contribution in [0.4, 0.5) is 17.6 Å². The molecule has 0 fully saturated rings. The van der Waals surface area contributed by atoms with Crippen LogP contribution in [0.3, 0.4) is 0 Å². The molecule has 0 bridgehead atoms. The van der Waals surface area contributed by atoms with Gasteiger partial charge in [-0.05, 0) is 13.2 Å². The second-order valence-electron chi connectivity index (χ2n) is 3.54. The van der Waals surface area contributed by atoms with Crippen LogP contribution in [0.25, 0.3) is 0 Å². The monoisotopic (exact) mass is 263 g/mol. The van der Waals surface area contributed by atoms with E-state index in [1.165, 1.54) is 18.7 Å². The number of thioether (sulfide) groups is 1. The number of halogens is 4. The zero-order valence-corrected chi connectivity index (χ0v) is 9.58. The van der Waals surface area contributed by atoms with Crippen molar-refractivity contribution in [3.63, 3.8) is 0 Å². The van der Waals surface area contributed by atoms with E-state index < -0.39 is 30.4 Å². The summed E-state index contributed by atoms with van der Waals surface area (Å²) in [6, 6.07) is 0. The smallest absolute Gasteiger partial charge is 0.383 e. The molecule has 0 saturated heterocycles. The van der Waals surface area contributed by atoms with E-state index >= 15 is 0 Å². The van der Waals surface area contributed by atoms with Crippen LogP contribution in [0.5, 0.6) is 0 Å². The summed E-state index contributed by atoms with van der Waals surface area (Å²) in [7, 11) is 0. The third-order valence-corrected chi connectivity index (χ3v) is 2.57. The molecule has 0 aromatic heterocycles. The molecule has 0 aromatic carbocycles. The lowest BCUT2D eigenvalue weighted by atomic mass is 10.1. The van der Waals surface area contributed by atoms with E-state index in [1.54, 1.807) is 11.6 Å². The average molecular weight is 263 g/mol. The highest BCUT2D eigenvalue weighted by Gasteiger charge is 2.49. The van der Waals surface area contributed by atoms with Gasteiger partial charge in [-0.15, -0.1) is 0 Å². The van der Waals surface area contributed by atoms with Gasteiger partial charge in [0.25, 0.3) is 5.91 Å². The Morgan fingerprint density at radius 2 is 2.00 bits per heavy atom. The lowest BCUT2D eigenvalue weighted by Crippen LogP contribution is -2.50. The van der Waals surface area contributed by atoms with Crippen LogP contribution in [0, 0.1) is 0 Å². The topological polar surface area (TPSA) is 49.3 Å². The minimum Gasteiger partial charge on any atom is -0.387 e. The summed E-state index contributed by atoms with van der Waals surface area (Å²) < 4.78 is 48.4. The van der Waals surface area contributed by atoms with Crippen molar-refractivity contribution >= 4 is 17.7 Å². The summed E-state index contributed by atoms with van der Waals surface area (Å²) in [4.78, 5) is 10.7. The molecule has 1 unspecified atom stereocenters. The van der Waals surface area contributed by atoms with Gasteiger partial charge in [-0.2, -0.15) is 20.5 Å². The minimum absolute atomic E-state index is 0.188. The van der Waals surface area contributed by atoms with Gasteiger partial charge in [-0.1, -0.05) is 0 Å². The maximum atomic E-state index is 12.5. The van der Waals surface area contributed by atoms with E-state index in [0.717, 1.165) is 0 Å². The fraction of sp³-hybridized carbons (Fsp3) is 0.875. The van der Waals surface area contributed by atoms with E-state index in [9.17, 15) is 27.5 Å². The summed E-state index contributed by atoms with van der Waals surface area (Å²) in [6.45, 7) is 0.805. The predicted octanol–water partition coefficient (Wildman–Crippen LogP) is 1.12. The average Bonchev–Trinajstić information content (AvgIpc) is 2.13. The molecule has 3 nitrogen and oxygen atoms in total.